The largest absolute Gasteiger partial charge is 0.496 e. The molecule has 0 radical (unpaired) electrons. The Kier molecular flexibility index (Phi) is 3.66. The first-order valence-corrected chi connectivity index (χ1v) is 6.36. The van der Waals surface area contributed by atoms with Crippen LogP contribution in [-0.2, 0) is 6.54 Å². The van der Waals surface area contributed by atoms with Crippen LogP contribution in [0.2, 0.25) is 0 Å². The molecule has 0 amide bonds. The lowest BCUT2D eigenvalue weighted by atomic mass is 10.1. The van der Waals surface area contributed by atoms with E-state index in [2.05, 4.69) is 24.3 Å². The molecule has 19 heavy (non-hydrogen) atoms. The van der Waals surface area contributed by atoms with Gasteiger partial charge in [-0.1, -0.05) is 25.1 Å². The minimum Gasteiger partial charge on any atom is -0.496 e. The quantitative estimate of drug-likeness (QED) is 0.327. The van der Waals surface area contributed by atoms with E-state index < -0.39 is 0 Å². The van der Waals surface area contributed by atoms with Crippen LogP contribution < -0.4 is 15.8 Å². The number of nitrogens with two attached hydrogens (primary N) is 1. The third-order valence-corrected chi connectivity index (χ3v) is 3.72. The summed E-state index contributed by atoms with van der Waals surface area (Å²) in [5.41, 5.74) is 7.72. The normalized spacial score (nSPS) is 21.2. The van der Waals surface area contributed by atoms with Crippen LogP contribution in [0.3, 0.4) is 0 Å². The molecule has 0 bridgehead atoms. The van der Waals surface area contributed by atoms with E-state index in [1.807, 2.05) is 18.2 Å². The second-order valence-corrected chi connectivity index (χ2v) is 5.65. The van der Waals surface area contributed by atoms with Gasteiger partial charge in [0.2, 0.25) is 0 Å². The Hall–Kier alpha value is -1.75. The first kappa shape index (κ1) is 13.7. The lowest BCUT2D eigenvalue weighted by Crippen LogP contribution is -2.20. The van der Waals surface area contributed by atoms with Crippen LogP contribution in [0.1, 0.15) is 31.4 Å². The highest BCUT2D eigenvalue weighted by Crippen LogP contribution is 2.44. The van der Waals surface area contributed by atoms with E-state index in [0.29, 0.717) is 22.8 Å². The number of ether oxygens (including phenoxy) is 1. The minimum absolute atomic E-state index is 0.0553. The van der Waals surface area contributed by atoms with Crippen molar-refractivity contribution in [3.05, 3.63) is 29.3 Å². The minimum atomic E-state index is 0.0553. The van der Waals surface area contributed by atoms with Crippen molar-refractivity contribution in [2.24, 2.45) is 16.3 Å². The molecule has 1 unspecified atom stereocenters. The van der Waals surface area contributed by atoms with E-state index in [1.165, 1.54) is 6.42 Å². The summed E-state index contributed by atoms with van der Waals surface area (Å²) in [5.74, 6) is 0.671. The molecular formula is C14H21N3O2. The van der Waals surface area contributed by atoms with Gasteiger partial charge in [0.25, 0.3) is 0 Å². The number of oxime groups is 1. The van der Waals surface area contributed by atoms with Crippen LogP contribution in [0.15, 0.2) is 23.4 Å². The molecule has 104 valence electrons. The van der Waals surface area contributed by atoms with Crippen molar-refractivity contribution >= 4 is 5.84 Å². The molecule has 1 aromatic rings. The van der Waals surface area contributed by atoms with Gasteiger partial charge in [-0.15, -0.1) is 0 Å². The van der Waals surface area contributed by atoms with E-state index in [9.17, 15) is 0 Å². The highest BCUT2D eigenvalue weighted by Gasteiger charge is 2.44. The predicted molar refractivity (Wildman–Crippen MR) is 74.5 cm³/mol. The van der Waals surface area contributed by atoms with Crippen molar-refractivity contribution in [2.45, 2.75) is 32.9 Å². The van der Waals surface area contributed by atoms with Gasteiger partial charge in [-0.3, -0.25) is 0 Å². The molecule has 5 heteroatoms. The van der Waals surface area contributed by atoms with Crippen molar-refractivity contribution in [2.75, 3.05) is 7.11 Å². The highest BCUT2D eigenvalue weighted by molar-refractivity contribution is 5.99. The predicted octanol–water partition coefficient (Wildman–Crippen LogP) is 1.68. The topological polar surface area (TPSA) is 79.9 Å². The molecule has 1 saturated carbocycles. The molecule has 4 N–H and O–H groups in total. The average Bonchev–Trinajstić information content (AvgIpc) is 3.02. The summed E-state index contributed by atoms with van der Waals surface area (Å²) in [7, 11) is 1.57. The zero-order valence-corrected chi connectivity index (χ0v) is 11.6. The number of nitrogens with zero attached hydrogens (tertiary/aromatic N) is 1. The van der Waals surface area contributed by atoms with Crippen LogP contribution in [0.4, 0.5) is 0 Å². The number of rotatable bonds is 5. The Morgan fingerprint density at radius 3 is 2.79 bits per heavy atom. The van der Waals surface area contributed by atoms with Gasteiger partial charge in [0.15, 0.2) is 5.84 Å². The smallest absolute Gasteiger partial charge is 0.173 e. The average molecular weight is 263 g/mol. The summed E-state index contributed by atoms with van der Waals surface area (Å²) in [6, 6.07) is 6.26. The Morgan fingerprint density at radius 2 is 2.26 bits per heavy atom. The van der Waals surface area contributed by atoms with Gasteiger partial charge in [0.05, 0.1) is 12.7 Å². The van der Waals surface area contributed by atoms with E-state index in [0.717, 1.165) is 12.1 Å². The summed E-state index contributed by atoms with van der Waals surface area (Å²) in [6.45, 7) is 5.31. The number of hydrogen-bond donors (Lipinski definition) is 3. The molecule has 5 nitrogen and oxygen atoms in total. The highest BCUT2D eigenvalue weighted by atomic mass is 16.5. The maximum atomic E-state index is 8.71. The summed E-state index contributed by atoms with van der Waals surface area (Å²) < 4.78 is 5.27. The molecule has 1 aromatic carbocycles. The molecule has 0 heterocycles. The number of hydrogen-bond acceptors (Lipinski definition) is 4. The van der Waals surface area contributed by atoms with E-state index >= 15 is 0 Å². The Balaban J connectivity index is 2.07. The SMILES string of the molecule is COc1cc(CNC2CC2(C)C)ccc1/C(N)=N/O. The van der Waals surface area contributed by atoms with Gasteiger partial charge >= 0.3 is 0 Å². The molecule has 0 saturated heterocycles. The molecule has 0 aromatic heterocycles. The first-order chi connectivity index (χ1) is 8.97. The van der Waals surface area contributed by atoms with Gasteiger partial charge in [-0.25, -0.2) is 0 Å². The van der Waals surface area contributed by atoms with Crippen molar-refractivity contribution in [3.8, 4) is 5.75 Å². The zero-order chi connectivity index (χ0) is 14.0. The fourth-order valence-electron chi connectivity index (χ4n) is 2.17. The molecule has 1 fully saturated rings. The van der Waals surface area contributed by atoms with Crippen LogP contribution >= 0.6 is 0 Å². The number of methoxy groups -OCH3 is 1. The Labute approximate surface area is 113 Å². The number of benzene rings is 1. The molecule has 1 aliphatic rings. The number of amidine groups is 1. The van der Waals surface area contributed by atoms with Crippen LogP contribution in [0.5, 0.6) is 5.75 Å². The standard InChI is InChI=1S/C14H21N3O2/c1-14(2)7-12(14)16-8-9-4-5-10(13(15)17-18)11(6-9)19-3/h4-6,12,16,18H,7-8H2,1-3H3,(H2,15,17). The van der Waals surface area contributed by atoms with Gasteiger partial charge in [0, 0.05) is 12.6 Å². The summed E-state index contributed by atoms with van der Waals surface area (Å²) in [6.07, 6.45) is 1.21. The Bertz CT molecular complexity index is 497. The summed E-state index contributed by atoms with van der Waals surface area (Å²) >= 11 is 0. The van der Waals surface area contributed by atoms with Crippen LogP contribution in [0, 0.1) is 5.41 Å². The Morgan fingerprint density at radius 1 is 1.58 bits per heavy atom. The second-order valence-electron chi connectivity index (χ2n) is 5.65. The molecule has 0 spiro atoms. The lowest BCUT2D eigenvalue weighted by Gasteiger charge is -2.11. The third-order valence-electron chi connectivity index (χ3n) is 3.72. The van der Waals surface area contributed by atoms with Crippen LogP contribution in [-0.4, -0.2) is 24.2 Å². The molecule has 0 aliphatic heterocycles. The lowest BCUT2D eigenvalue weighted by molar-refractivity contribution is 0.318. The second kappa shape index (κ2) is 5.09. The van der Waals surface area contributed by atoms with Crippen molar-refractivity contribution < 1.29 is 9.94 Å². The molecular weight excluding hydrogens is 242 g/mol. The molecule has 2 rings (SSSR count). The molecule has 1 atom stereocenters. The van der Waals surface area contributed by atoms with Crippen LogP contribution in [0.25, 0.3) is 0 Å². The van der Waals surface area contributed by atoms with E-state index in [-0.39, 0.29) is 5.84 Å². The number of nitrogens with one attached hydrogen (secondary N) is 1. The van der Waals surface area contributed by atoms with Gasteiger partial charge in [-0.05, 0) is 29.5 Å². The van der Waals surface area contributed by atoms with Gasteiger partial charge in [0.1, 0.15) is 5.75 Å². The van der Waals surface area contributed by atoms with E-state index in [1.54, 1.807) is 7.11 Å². The molecule has 1 aliphatic carbocycles. The fourth-order valence-corrected chi connectivity index (χ4v) is 2.17. The maximum Gasteiger partial charge on any atom is 0.173 e. The zero-order valence-electron chi connectivity index (χ0n) is 11.6. The maximum absolute atomic E-state index is 8.71. The van der Waals surface area contributed by atoms with Gasteiger partial charge < -0.3 is 21.0 Å². The fraction of sp³-hybridized carbons (Fsp3) is 0.500. The van der Waals surface area contributed by atoms with E-state index in [4.69, 9.17) is 15.7 Å². The van der Waals surface area contributed by atoms with Gasteiger partial charge in [-0.2, -0.15) is 0 Å². The summed E-state index contributed by atoms with van der Waals surface area (Å²) in [4.78, 5) is 0. The third kappa shape index (κ3) is 2.98. The monoisotopic (exact) mass is 263 g/mol. The summed E-state index contributed by atoms with van der Waals surface area (Å²) in [5, 5.41) is 15.2. The first-order valence-electron chi connectivity index (χ1n) is 6.36. The van der Waals surface area contributed by atoms with Crippen molar-refractivity contribution in [1.29, 1.82) is 0 Å². The van der Waals surface area contributed by atoms with Crippen molar-refractivity contribution in [3.63, 3.8) is 0 Å². The van der Waals surface area contributed by atoms with Crippen molar-refractivity contribution in [1.82, 2.24) is 5.32 Å².